The lowest BCUT2D eigenvalue weighted by Gasteiger charge is -2.15. The summed E-state index contributed by atoms with van der Waals surface area (Å²) in [6.45, 7) is 3.31. The number of amides is 3. The molecule has 33 heavy (non-hydrogen) atoms. The third-order valence-corrected chi connectivity index (χ3v) is 6.82. The molecule has 3 amide bonds. The standard InChI is InChI=1S/C25H23BrN2O5/c1-14-11-21(15(2)10-20(14)26)27-22(29)13-33-25(32)16-6-5-7-17(12-16)28-23(30)18-8-3-4-9-19(18)24(28)31/h3-7,10-12,18-19H,8-9,13H2,1-2H3,(H,27,29)/t18-,19-/m0/s1. The Kier molecular flexibility index (Phi) is 6.47. The van der Waals surface area contributed by atoms with E-state index >= 15 is 0 Å². The highest BCUT2D eigenvalue weighted by atomic mass is 79.9. The summed E-state index contributed by atoms with van der Waals surface area (Å²) in [5.41, 5.74) is 2.96. The summed E-state index contributed by atoms with van der Waals surface area (Å²) in [7, 11) is 0. The molecular weight excluding hydrogens is 488 g/mol. The normalized spacial score (nSPS) is 19.4. The minimum absolute atomic E-state index is 0.157. The van der Waals surface area contributed by atoms with E-state index in [0.29, 0.717) is 24.2 Å². The molecular formula is C25H23BrN2O5. The highest BCUT2D eigenvalue weighted by molar-refractivity contribution is 9.10. The predicted molar refractivity (Wildman–Crippen MR) is 127 cm³/mol. The zero-order chi connectivity index (χ0) is 23.7. The van der Waals surface area contributed by atoms with Crippen molar-refractivity contribution < 1.29 is 23.9 Å². The Morgan fingerprint density at radius 1 is 1.03 bits per heavy atom. The maximum Gasteiger partial charge on any atom is 0.338 e. The Morgan fingerprint density at radius 2 is 1.70 bits per heavy atom. The molecule has 1 aliphatic carbocycles. The Balaban J connectivity index is 1.41. The second kappa shape index (κ2) is 9.31. The number of benzene rings is 2. The minimum atomic E-state index is -0.714. The molecule has 2 aromatic carbocycles. The number of hydrogen-bond donors (Lipinski definition) is 1. The molecule has 7 nitrogen and oxygen atoms in total. The number of fused-ring (bicyclic) bond motifs is 1. The first kappa shape index (κ1) is 22.9. The first-order chi connectivity index (χ1) is 15.8. The summed E-state index contributed by atoms with van der Waals surface area (Å²) >= 11 is 3.45. The van der Waals surface area contributed by atoms with Crippen LogP contribution in [0.15, 0.2) is 53.0 Å². The van der Waals surface area contributed by atoms with Gasteiger partial charge in [-0.1, -0.05) is 34.1 Å². The smallest absolute Gasteiger partial charge is 0.338 e. The topological polar surface area (TPSA) is 92.8 Å². The van der Waals surface area contributed by atoms with E-state index in [1.165, 1.54) is 12.1 Å². The van der Waals surface area contributed by atoms with Gasteiger partial charge in [0.1, 0.15) is 0 Å². The molecule has 0 saturated carbocycles. The fraction of sp³-hybridized carbons (Fsp3) is 0.280. The van der Waals surface area contributed by atoms with Crippen molar-refractivity contribution in [3.05, 3.63) is 69.7 Å². The number of nitrogens with one attached hydrogen (secondary N) is 1. The SMILES string of the molecule is Cc1cc(NC(=O)COC(=O)c2cccc(N3C(=O)[C@H]4CC=CC[C@@H]4C3=O)c2)c(C)cc1Br. The van der Waals surface area contributed by atoms with Crippen LogP contribution in [0.5, 0.6) is 0 Å². The molecule has 2 aromatic rings. The zero-order valence-electron chi connectivity index (χ0n) is 18.3. The molecule has 8 heteroatoms. The quantitative estimate of drug-likeness (QED) is 0.367. The molecule has 1 fully saturated rings. The van der Waals surface area contributed by atoms with Crippen molar-refractivity contribution in [2.75, 3.05) is 16.8 Å². The molecule has 0 radical (unpaired) electrons. The lowest BCUT2D eigenvalue weighted by Crippen LogP contribution is -2.31. The summed E-state index contributed by atoms with van der Waals surface area (Å²) < 4.78 is 6.10. The lowest BCUT2D eigenvalue weighted by molar-refractivity contribution is -0.122. The number of allylic oxidation sites excluding steroid dienone is 2. The number of carbonyl (C=O) groups is 4. The van der Waals surface area contributed by atoms with Crippen LogP contribution < -0.4 is 10.2 Å². The van der Waals surface area contributed by atoms with Crippen molar-refractivity contribution in [3.63, 3.8) is 0 Å². The van der Waals surface area contributed by atoms with Gasteiger partial charge in [0.15, 0.2) is 6.61 Å². The lowest BCUT2D eigenvalue weighted by atomic mass is 9.85. The number of esters is 1. The molecule has 0 unspecified atom stereocenters. The average Bonchev–Trinajstić information content (AvgIpc) is 3.06. The van der Waals surface area contributed by atoms with Crippen LogP contribution >= 0.6 is 15.9 Å². The van der Waals surface area contributed by atoms with Gasteiger partial charge in [0.05, 0.1) is 23.1 Å². The van der Waals surface area contributed by atoms with E-state index in [1.54, 1.807) is 12.1 Å². The number of halogens is 1. The van der Waals surface area contributed by atoms with E-state index in [9.17, 15) is 19.2 Å². The van der Waals surface area contributed by atoms with Gasteiger partial charge in [0.25, 0.3) is 5.91 Å². The van der Waals surface area contributed by atoms with E-state index in [2.05, 4.69) is 21.2 Å². The second-order valence-corrected chi connectivity index (χ2v) is 9.11. The van der Waals surface area contributed by atoms with E-state index < -0.39 is 18.5 Å². The highest BCUT2D eigenvalue weighted by Crippen LogP contribution is 2.37. The van der Waals surface area contributed by atoms with Crippen molar-refractivity contribution in [3.8, 4) is 0 Å². The van der Waals surface area contributed by atoms with Gasteiger partial charge in [-0.05, 0) is 68.1 Å². The Bertz CT molecular complexity index is 1160. The van der Waals surface area contributed by atoms with Gasteiger partial charge in [0.2, 0.25) is 11.8 Å². The molecule has 170 valence electrons. The van der Waals surface area contributed by atoms with Gasteiger partial charge in [-0.3, -0.25) is 19.3 Å². The van der Waals surface area contributed by atoms with E-state index in [0.717, 1.165) is 20.5 Å². The van der Waals surface area contributed by atoms with Crippen molar-refractivity contribution in [1.82, 2.24) is 0 Å². The number of anilines is 2. The fourth-order valence-corrected chi connectivity index (χ4v) is 4.60. The zero-order valence-corrected chi connectivity index (χ0v) is 19.8. The van der Waals surface area contributed by atoms with Crippen molar-refractivity contribution in [2.45, 2.75) is 26.7 Å². The Morgan fingerprint density at radius 3 is 2.36 bits per heavy atom. The summed E-state index contributed by atoms with van der Waals surface area (Å²) in [4.78, 5) is 51.6. The number of aryl methyl sites for hydroxylation is 2. The van der Waals surface area contributed by atoms with Crippen LogP contribution in [0.1, 0.15) is 34.3 Å². The van der Waals surface area contributed by atoms with Crippen LogP contribution in [0.4, 0.5) is 11.4 Å². The second-order valence-electron chi connectivity index (χ2n) is 8.26. The third-order valence-electron chi connectivity index (χ3n) is 5.96. The van der Waals surface area contributed by atoms with E-state index in [4.69, 9.17) is 4.74 Å². The fourth-order valence-electron chi connectivity index (χ4n) is 4.14. The summed E-state index contributed by atoms with van der Waals surface area (Å²) in [6.07, 6.45) is 4.93. The molecule has 1 aliphatic heterocycles. The first-order valence-corrected chi connectivity index (χ1v) is 11.4. The molecule has 0 aromatic heterocycles. The maximum atomic E-state index is 12.8. The number of nitrogens with zero attached hydrogens (tertiary/aromatic N) is 1. The van der Waals surface area contributed by atoms with Gasteiger partial charge >= 0.3 is 5.97 Å². The van der Waals surface area contributed by atoms with Crippen LogP contribution in [0.2, 0.25) is 0 Å². The largest absolute Gasteiger partial charge is 0.452 e. The molecule has 2 atom stereocenters. The van der Waals surface area contributed by atoms with Crippen LogP contribution in [0.25, 0.3) is 0 Å². The summed E-state index contributed by atoms with van der Waals surface area (Å²) in [5.74, 6) is -2.39. The van der Waals surface area contributed by atoms with Crippen molar-refractivity contribution in [2.24, 2.45) is 11.8 Å². The summed E-state index contributed by atoms with van der Waals surface area (Å²) in [6, 6.07) is 9.90. The number of carbonyl (C=O) groups excluding carboxylic acids is 4. The van der Waals surface area contributed by atoms with Gasteiger partial charge in [-0.2, -0.15) is 0 Å². The maximum absolute atomic E-state index is 12.8. The predicted octanol–water partition coefficient (Wildman–Crippen LogP) is 4.32. The van der Waals surface area contributed by atoms with Gasteiger partial charge < -0.3 is 10.1 Å². The van der Waals surface area contributed by atoms with Gasteiger partial charge in [0, 0.05) is 10.2 Å². The average molecular weight is 511 g/mol. The van der Waals surface area contributed by atoms with Gasteiger partial charge in [-0.25, -0.2) is 4.79 Å². The van der Waals surface area contributed by atoms with Crippen LogP contribution in [-0.2, 0) is 19.1 Å². The molecule has 4 rings (SSSR count). The number of rotatable bonds is 5. The van der Waals surface area contributed by atoms with Crippen molar-refractivity contribution in [1.29, 1.82) is 0 Å². The number of imide groups is 1. The molecule has 0 spiro atoms. The van der Waals surface area contributed by atoms with Crippen LogP contribution in [0.3, 0.4) is 0 Å². The molecule has 1 N–H and O–H groups in total. The van der Waals surface area contributed by atoms with Gasteiger partial charge in [-0.15, -0.1) is 0 Å². The van der Waals surface area contributed by atoms with E-state index in [1.807, 2.05) is 38.1 Å². The Hall–Kier alpha value is -3.26. The molecule has 1 heterocycles. The Labute approximate surface area is 199 Å². The molecule has 2 aliphatic rings. The molecule has 0 bridgehead atoms. The minimum Gasteiger partial charge on any atom is -0.452 e. The third kappa shape index (κ3) is 4.61. The molecule has 1 saturated heterocycles. The van der Waals surface area contributed by atoms with Crippen molar-refractivity contribution >= 4 is 51.0 Å². The van der Waals surface area contributed by atoms with E-state index in [-0.39, 0.29) is 29.2 Å². The monoisotopic (exact) mass is 510 g/mol. The number of ether oxygens (including phenoxy) is 1. The first-order valence-electron chi connectivity index (χ1n) is 10.6. The highest BCUT2D eigenvalue weighted by Gasteiger charge is 2.47. The number of hydrogen-bond acceptors (Lipinski definition) is 5. The summed E-state index contributed by atoms with van der Waals surface area (Å²) in [5, 5.41) is 2.74. The van der Waals surface area contributed by atoms with Crippen LogP contribution in [-0.4, -0.2) is 30.3 Å². The van der Waals surface area contributed by atoms with Crippen LogP contribution in [0, 0.1) is 25.7 Å².